The third kappa shape index (κ3) is 3.23. The molecule has 1 fully saturated rings. The van der Waals surface area contributed by atoms with Gasteiger partial charge in [-0.25, -0.2) is 0 Å². The molecule has 2 aromatic rings. The van der Waals surface area contributed by atoms with Crippen LogP contribution in [0.5, 0.6) is 5.75 Å². The van der Waals surface area contributed by atoms with Crippen LogP contribution in [0.15, 0.2) is 48.5 Å². The van der Waals surface area contributed by atoms with Crippen LogP contribution in [-0.4, -0.2) is 35.2 Å². The Hall–Kier alpha value is -2.64. The van der Waals surface area contributed by atoms with Crippen LogP contribution in [0.3, 0.4) is 0 Å². The highest BCUT2D eigenvalue weighted by atomic mass is 35.5. The number of benzene rings is 2. The molecule has 2 aromatic carbocycles. The van der Waals surface area contributed by atoms with Gasteiger partial charge in [0, 0.05) is 15.5 Å². The van der Waals surface area contributed by atoms with Crippen molar-refractivity contribution in [2.75, 3.05) is 7.11 Å². The SMILES string of the molecule is COC(=O)[C@H]1N[C@@H](c2ccccc2O)[C@H]([N+](=O)[O-])[C@H]1c1ccc(Cl)cc1. The van der Waals surface area contributed by atoms with E-state index >= 15 is 0 Å². The third-order valence-corrected chi connectivity index (χ3v) is 4.90. The highest BCUT2D eigenvalue weighted by Crippen LogP contribution is 2.42. The Labute approximate surface area is 154 Å². The molecular formula is C18H17ClN2O5. The first-order chi connectivity index (χ1) is 12.4. The van der Waals surface area contributed by atoms with Crippen LogP contribution in [0.25, 0.3) is 0 Å². The number of carbonyl (C=O) groups is 1. The van der Waals surface area contributed by atoms with Crippen molar-refractivity contribution in [1.29, 1.82) is 0 Å². The maximum absolute atomic E-state index is 12.3. The largest absolute Gasteiger partial charge is 0.508 e. The minimum Gasteiger partial charge on any atom is -0.508 e. The van der Waals surface area contributed by atoms with E-state index in [-0.39, 0.29) is 5.75 Å². The molecule has 8 heteroatoms. The first kappa shape index (κ1) is 18.2. The highest BCUT2D eigenvalue weighted by Gasteiger charge is 2.55. The lowest BCUT2D eigenvalue weighted by molar-refractivity contribution is -0.527. The normalized spacial score (nSPS) is 25.0. The molecule has 0 aliphatic carbocycles. The molecule has 1 saturated heterocycles. The monoisotopic (exact) mass is 376 g/mol. The molecule has 0 aromatic heterocycles. The Morgan fingerprint density at radius 1 is 1.23 bits per heavy atom. The van der Waals surface area contributed by atoms with Gasteiger partial charge in [-0.2, -0.15) is 0 Å². The summed E-state index contributed by atoms with van der Waals surface area (Å²) in [5.74, 6) is -1.45. The van der Waals surface area contributed by atoms with Crippen LogP contribution in [-0.2, 0) is 9.53 Å². The molecule has 0 bridgehead atoms. The number of carbonyl (C=O) groups excluding carboxylic acids is 1. The van der Waals surface area contributed by atoms with E-state index in [0.717, 1.165) is 0 Å². The smallest absolute Gasteiger partial charge is 0.323 e. The minimum atomic E-state index is -1.17. The quantitative estimate of drug-likeness (QED) is 0.483. The van der Waals surface area contributed by atoms with Crippen molar-refractivity contribution >= 4 is 17.6 Å². The maximum Gasteiger partial charge on any atom is 0.323 e. The van der Waals surface area contributed by atoms with Crippen LogP contribution < -0.4 is 5.32 Å². The van der Waals surface area contributed by atoms with E-state index in [1.54, 1.807) is 42.5 Å². The number of esters is 1. The summed E-state index contributed by atoms with van der Waals surface area (Å²) in [5.41, 5.74) is 0.955. The number of phenolic OH excluding ortho intramolecular Hbond substituents is 1. The fraction of sp³-hybridized carbons (Fsp3) is 0.278. The number of nitrogens with zero attached hydrogens (tertiary/aromatic N) is 1. The van der Waals surface area contributed by atoms with Crippen molar-refractivity contribution < 1.29 is 19.6 Å². The van der Waals surface area contributed by atoms with Crippen LogP contribution in [0.4, 0.5) is 0 Å². The first-order valence-electron chi connectivity index (χ1n) is 7.94. The molecular weight excluding hydrogens is 360 g/mol. The molecule has 136 valence electrons. The molecule has 2 N–H and O–H groups in total. The number of halogens is 1. The van der Waals surface area contributed by atoms with Crippen LogP contribution in [0, 0.1) is 10.1 Å². The Morgan fingerprint density at radius 3 is 2.46 bits per heavy atom. The number of para-hydroxylation sites is 1. The molecule has 0 radical (unpaired) electrons. The predicted molar refractivity (Wildman–Crippen MR) is 94.8 cm³/mol. The van der Waals surface area contributed by atoms with Gasteiger partial charge in [0.1, 0.15) is 17.8 Å². The molecule has 1 heterocycles. The summed E-state index contributed by atoms with van der Waals surface area (Å²) in [5, 5.41) is 25.5. The van der Waals surface area contributed by atoms with Gasteiger partial charge in [0.25, 0.3) is 0 Å². The fourth-order valence-corrected chi connectivity index (χ4v) is 3.62. The van der Waals surface area contributed by atoms with Crippen molar-refractivity contribution in [1.82, 2.24) is 5.32 Å². The lowest BCUT2D eigenvalue weighted by atomic mass is 9.85. The Bertz CT molecular complexity index is 827. The predicted octanol–water partition coefficient (Wildman–Crippen LogP) is 2.66. The minimum absolute atomic E-state index is 0.0720. The molecule has 26 heavy (non-hydrogen) atoms. The van der Waals surface area contributed by atoms with Crippen LogP contribution in [0.2, 0.25) is 5.02 Å². The van der Waals surface area contributed by atoms with Gasteiger partial charge in [0.2, 0.25) is 6.04 Å². The van der Waals surface area contributed by atoms with Crippen molar-refractivity contribution in [2.24, 2.45) is 0 Å². The summed E-state index contributed by atoms with van der Waals surface area (Å²) in [6, 6.07) is 9.97. The van der Waals surface area contributed by atoms with E-state index in [4.69, 9.17) is 16.3 Å². The van der Waals surface area contributed by atoms with E-state index in [1.807, 2.05) is 0 Å². The van der Waals surface area contributed by atoms with Crippen LogP contribution in [0.1, 0.15) is 23.1 Å². The summed E-state index contributed by atoms with van der Waals surface area (Å²) in [6.07, 6.45) is 0. The molecule has 4 atom stereocenters. The zero-order chi connectivity index (χ0) is 18.8. The molecule has 3 rings (SSSR count). The van der Waals surface area contributed by atoms with Crippen molar-refractivity contribution in [3.63, 3.8) is 0 Å². The van der Waals surface area contributed by atoms with Gasteiger partial charge in [0.15, 0.2) is 0 Å². The maximum atomic E-state index is 12.3. The third-order valence-electron chi connectivity index (χ3n) is 4.65. The van der Waals surface area contributed by atoms with Crippen LogP contribution >= 0.6 is 11.6 Å². The fourth-order valence-electron chi connectivity index (χ4n) is 3.49. The first-order valence-corrected chi connectivity index (χ1v) is 8.32. The number of nitro groups is 1. The van der Waals surface area contributed by atoms with Gasteiger partial charge in [-0.1, -0.05) is 41.9 Å². The average molecular weight is 377 g/mol. The number of phenols is 1. The lowest BCUT2D eigenvalue weighted by Crippen LogP contribution is -2.37. The summed E-state index contributed by atoms with van der Waals surface area (Å²) < 4.78 is 4.84. The van der Waals surface area contributed by atoms with Gasteiger partial charge in [-0.3, -0.25) is 20.2 Å². The molecule has 1 aliphatic rings. The molecule has 1 aliphatic heterocycles. The molecule has 0 unspecified atom stereocenters. The summed E-state index contributed by atoms with van der Waals surface area (Å²) in [6.45, 7) is 0. The van der Waals surface area contributed by atoms with E-state index in [9.17, 15) is 20.0 Å². The van der Waals surface area contributed by atoms with E-state index < -0.39 is 34.9 Å². The van der Waals surface area contributed by atoms with E-state index in [0.29, 0.717) is 16.1 Å². The summed E-state index contributed by atoms with van der Waals surface area (Å²) in [4.78, 5) is 23.8. The second-order valence-electron chi connectivity index (χ2n) is 6.06. The van der Waals surface area contributed by atoms with E-state index in [1.165, 1.54) is 13.2 Å². The number of methoxy groups -OCH3 is 1. The zero-order valence-electron chi connectivity index (χ0n) is 13.8. The Kier molecular flexibility index (Phi) is 5.11. The van der Waals surface area contributed by atoms with Gasteiger partial charge >= 0.3 is 5.97 Å². The summed E-state index contributed by atoms with van der Waals surface area (Å²) >= 11 is 5.91. The lowest BCUT2D eigenvalue weighted by Gasteiger charge is -2.19. The average Bonchev–Trinajstić information content (AvgIpc) is 3.02. The topological polar surface area (TPSA) is 102 Å². The standard InChI is InChI=1S/C18H17ClN2O5/c1-26-18(23)16-14(10-6-8-11(19)9-7-10)17(21(24)25)15(20-16)12-4-2-3-5-13(12)22/h2-9,14-17,20,22H,1H3/t14-,15-,16-,17+/m0/s1. The number of ether oxygens (including phenoxy) is 1. The van der Waals surface area contributed by atoms with Gasteiger partial charge in [-0.15, -0.1) is 0 Å². The number of rotatable bonds is 4. The van der Waals surface area contributed by atoms with Crippen molar-refractivity contribution in [3.8, 4) is 5.75 Å². The molecule has 0 spiro atoms. The van der Waals surface area contributed by atoms with Crippen molar-refractivity contribution in [3.05, 3.63) is 74.8 Å². The number of hydrogen-bond donors (Lipinski definition) is 2. The van der Waals surface area contributed by atoms with Crippen molar-refractivity contribution in [2.45, 2.75) is 24.0 Å². The number of aromatic hydroxyl groups is 1. The van der Waals surface area contributed by atoms with Gasteiger partial charge < -0.3 is 9.84 Å². The van der Waals surface area contributed by atoms with E-state index in [2.05, 4.69) is 5.32 Å². The van der Waals surface area contributed by atoms with Gasteiger partial charge in [0.05, 0.1) is 13.0 Å². The molecule has 0 saturated carbocycles. The molecule has 7 nitrogen and oxygen atoms in total. The number of nitrogens with one attached hydrogen (secondary N) is 1. The summed E-state index contributed by atoms with van der Waals surface area (Å²) in [7, 11) is 1.23. The Balaban J connectivity index is 2.11. The zero-order valence-corrected chi connectivity index (χ0v) is 14.6. The van der Waals surface area contributed by atoms with Gasteiger partial charge in [-0.05, 0) is 23.8 Å². The molecule has 0 amide bonds. The highest BCUT2D eigenvalue weighted by molar-refractivity contribution is 6.30. The number of hydrogen-bond acceptors (Lipinski definition) is 6. The Morgan fingerprint density at radius 2 is 1.88 bits per heavy atom. The second-order valence-corrected chi connectivity index (χ2v) is 6.49. The second kappa shape index (κ2) is 7.31.